The molecule has 27 heavy (non-hydrogen) atoms. The summed E-state index contributed by atoms with van der Waals surface area (Å²) in [6.45, 7) is 7.28. The van der Waals surface area contributed by atoms with Crippen molar-refractivity contribution in [2.24, 2.45) is 0 Å². The summed E-state index contributed by atoms with van der Waals surface area (Å²) in [4.78, 5) is 21.9. The molecule has 3 rings (SSSR count). The second-order valence-corrected chi connectivity index (χ2v) is 8.44. The maximum atomic E-state index is 13.4. The molecule has 0 aliphatic heterocycles. The lowest BCUT2D eigenvalue weighted by Gasteiger charge is -2.22. The van der Waals surface area contributed by atoms with E-state index in [1.54, 1.807) is 21.8 Å². The van der Waals surface area contributed by atoms with Crippen LogP contribution >= 0.6 is 22.9 Å². The Kier molecular flexibility index (Phi) is 5.83. The third kappa shape index (κ3) is 4.00. The molecule has 144 valence electrons. The zero-order valence-corrected chi connectivity index (χ0v) is 17.8. The molecule has 2 heterocycles. The molecule has 0 aliphatic carbocycles. The fourth-order valence-electron chi connectivity index (χ4n) is 2.82. The fraction of sp³-hybridized carbons (Fsp3) is 0.421. The molecule has 0 radical (unpaired) electrons. The van der Waals surface area contributed by atoms with Crippen LogP contribution in [0.2, 0.25) is 5.02 Å². The summed E-state index contributed by atoms with van der Waals surface area (Å²) >= 11 is 7.82. The Morgan fingerprint density at radius 1 is 1.26 bits per heavy atom. The molecule has 0 bridgehead atoms. The van der Waals surface area contributed by atoms with E-state index in [-0.39, 0.29) is 11.9 Å². The Bertz CT molecular complexity index is 923. The number of amides is 1. The first-order valence-corrected chi connectivity index (χ1v) is 10.0. The van der Waals surface area contributed by atoms with Crippen LogP contribution in [0.5, 0.6) is 0 Å². The van der Waals surface area contributed by atoms with Crippen LogP contribution < -0.4 is 4.90 Å². The van der Waals surface area contributed by atoms with Crippen molar-refractivity contribution in [2.75, 3.05) is 32.1 Å². The summed E-state index contributed by atoms with van der Waals surface area (Å²) in [5.41, 5.74) is 2.46. The van der Waals surface area contributed by atoms with Crippen molar-refractivity contribution < 1.29 is 4.79 Å². The van der Waals surface area contributed by atoms with Gasteiger partial charge in [-0.1, -0.05) is 29.0 Å². The molecule has 0 aliphatic rings. The van der Waals surface area contributed by atoms with Gasteiger partial charge in [0.15, 0.2) is 5.13 Å². The maximum Gasteiger partial charge on any atom is 0.278 e. The van der Waals surface area contributed by atoms with Crippen LogP contribution in [-0.2, 0) is 0 Å². The number of fused-ring (bicyclic) bond motifs is 1. The molecule has 8 heteroatoms. The zero-order valence-electron chi connectivity index (χ0n) is 16.2. The number of thiazole rings is 1. The van der Waals surface area contributed by atoms with Gasteiger partial charge in [-0.2, -0.15) is 5.10 Å². The molecule has 0 unspecified atom stereocenters. The summed E-state index contributed by atoms with van der Waals surface area (Å²) in [5.74, 6) is -0.101. The molecule has 0 N–H and O–H groups in total. The third-order valence-electron chi connectivity index (χ3n) is 4.31. The molecule has 3 aromatic rings. The standard InChI is InChI=1S/C19H24ClN5OS/c1-12(2)25-15(8-9-21-25)18(26)24(11-10-23(4)5)19-22-16-13(3)6-7-14(20)17(16)27-19/h6-9,12H,10-11H2,1-5H3. The van der Waals surface area contributed by atoms with Gasteiger partial charge in [-0.25, -0.2) is 4.98 Å². The molecule has 2 aromatic heterocycles. The number of carbonyl (C=O) groups excluding carboxylic acids is 1. The van der Waals surface area contributed by atoms with Crippen LogP contribution in [0.4, 0.5) is 5.13 Å². The molecule has 0 fully saturated rings. The van der Waals surface area contributed by atoms with Gasteiger partial charge in [0.05, 0.1) is 15.2 Å². The minimum absolute atomic E-state index is 0.0988. The summed E-state index contributed by atoms with van der Waals surface area (Å²) in [6, 6.07) is 5.69. The number of aromatic nitrogens is 3. The Balaban J connectivity index is 2.06. The SMILES string of the molecule is Cc1ccc(Cl)c2sc(N(CCN(C)C)C(=O)c3ccnn3C(C)C)nc12. The highest BCUT2D eigenvalue weighted by Gasteiger charge is 2.25. The van der Waals surface area contributed by atoms with Crippen LogP contribution in [0.15, 0.2) is 24.4 Å². The number of likely N-dealkylation sites (N-methyl/N-ethyl adjacent to an activating group) is 1. The Hall–Kier alpha value is -1.96. The number of nitrogens with zero attached hydrogens (tertiary/aromatic N) is 5. The molecule has 0 saturated carbocycles. The lowest BCUT2D eigenvalue weighted by Crippen LogP contribution is -2.38. The Morgan fingerprint density at radius 2 is 2.00 bits per heavy atom. The molecule has 0 atom stereocenters. The lowest BCUT2D eigenvalue weighted by atomic mass is 10.2. The van der Waals surface area contributed by atoms with Crippen molar-refractivity contribution in [2.45, 2.75) is 26.8 Å². The van der Waals surface area contributed by atoms with Gasteiger partial charge >= 0.3 is 0 Å². The van der Waals surface area contributed by atoms with E-state index >= 15 is 0 Å². The van der Waals surface area contributed by atoms with E-state index in [0.29, 0.717) is 22.4 Å². The Labute approximate surface area is 168 Å². The van der Waals surface area contributed by atoms with Crippen LogP contribution in [0.1, 0.15) is 35.9 Å². The van der Waals surface area contributed by atoms with Gasteiger partial charge in [-0.15, -0.1) is 0 Å². The maximum absolute atomic E-state index is 13.4. The first-order valence-electron chi connectivity index (χ1n) is 8.85. The number of hydrogen-bond donors (Lipinski definition) is 0. The van der Waals surface area contributed by atoms with Crippen LogP contribution in [0.25, 0.3) is 10.2 Å². The van der Waals surface area contributed by atoms with Gasteiger partial charge in [-0.05, 0) is 52.6 Å². The van der Waals surface area contributed by atoms with Gasteiger partial charge in [-0.3, -0.25) is 14.4 Å². The number of aryl methyl sites for hydroxylation is 1. The van der Waals surface area contributed by atoms with Crippen LogP contribution in [-0.4, -0.2) is 52.8 Å². The van der Waals surface area contributed by atoms with Crippen molar-refractivity contribution in [3.8, 4) is 0 Å². The third-order valence-corrected chi connectivity index (χ3v) is 5.85. The van der Waals surface area contributed by atoms with Gasteiger partial charge in [0.25, 0.3) is 5.91 Å². The molecule has 1 amide bonds. The van der Waals surface area contributed by atoms with Gasteiger partial charge in [0.1, 0.15) is 5.69 Å². The van der Waals surface area contributed by atoms with Gasteiger partial charge < -0.3 is 4.90 Å². The number of anilines is 1. The van der Waals surface area contributed by atoms with Crippen molar-refractivity contribution in [3.05, 3.63) is 40.7 Å². The van der Waals surface area contributed by atoms with Crippen molar-refractivity contribution in [1.29, 1.82) is 0 Å². The van der Waals surface area contributed by atoms with E-state index in [2.05, 4.69) is 5.10 Å². The average Bonchev–Trinajstić information content (AvgIpc) is 3.25. The molecule has 0 spiro atoms. The first-order chi connectivity index (χ1) is 12.8. The number of rotatable bonds is 6. The van der Waals surface area contributed by atoms with E-state index in [1.807, 2.05) is 51.9 Å². The number of halogens is 1. The van der Waals surface area contributed by atoms with Gasteiger partial charge in [0.2, 0.25) is 0 Å². The summed E-state index contributed by atoms with van der Waals surface area (Å²) in [6.07, 6.45) is 1.66. The van der Waals surface area contributed by atoms with Gasteiger partial charge in [0, 0.05) is 25.3 Å². The lowest BCUT2D eigenvalue weighted by molar-refractivity contribution is 0.0973. The number of carbonyl (C=O) groups is 1. The van der Waals surface area contributed by atoms with Crippen molar-refractivity contribution in [1.82, 2.24) is 19.7 Å². The summed E-state index contributed by atoms with van der Waals surface area (Å²) in [5, 5.41) is 5.62. The minimum Gasteiger partial charge on any atom is -0.308 e. The van der Waals surface area contributed by atoms with Crippen molar-refractivity contribution in [3.63, 3.8) is 0 Å². The van der Waals surface area contributed by atoms with E-state index in [4.69, 9.17) is 16.6 Å². The van der Waals surface area contributed by atoms with E-state index in [1.165, 1.54) is 11.3 Å². The van der Waals surface area contributed by atoms with E-state index in [0.717, 1.165) is 22.3 Å². The predicted octanol–water partition coefficient (Wildman–Crippen LogP) is 4.24. The highest BCUT2D eigenvalue weighted by atomic mass is 35.5. The number of benzene rings is 1. The second kappa shape index (κ2) is 7.96. The summed E-state index contributed by atoms with van der Waals surface area (Å²) in [7, 11) is 3.97. The molecular formula is C19H24ClN5OS. The first kappa shape index (κ1) is 19.8. The highest BCUT2D eigenvalue weighted by Crippen LogP contribution is 2.36. The smallest absolute Gasteiger partial charge is 0.278 e. The topological polar surface area (TPSA) is 54.3 Å². The monoisotopic (exact) mass is 405 g/mol. The summed E-state index contributed by atoms with van der Waals surface area (Å²) < 4.78 is 2.66. The quantitative estimate of drug-likeness (QED) is 0.615. The molecular weight excluding hydrogens is 382 g/mol. The largest absolute Gasteiger partial charge is 0.308 e. The zero-order chi connectivity index (χ0) is 19.7. The molecule has 6 nitrogen and oxygen atoms in total. The van der Waals surface area contributed by atoms with Crippen LogP contribution in [0.3, 0.4) is 0 Å². The highest BCUT2D eigenvalue weighted by molar-refractivity contribution is 7.23. The minimum atomic E-state index is -0.101. The fourth-order valence-corrected chi connectivity index (χ4v) is 4.16. The average molecular weight is 406 g/mol. The molecule has 0 saturated heterocycles. The van der Waals surface area contributed by atoms with Crippen LogP contribution in [0, 0.1) is 6.92 Å². The number of hydrogen-bond acceptors (Lipinski definition) is 5. The van der Waals surface area contributed by atoms with E-state index < -0.39 is 0 Å². The molecule has 1 aromatic carbocycles. The normalized spacial score (nSPS) is 11.7. The predicted molar refractivity (Wildman–Crippen MR) is 112 cm³/mol. The van der Waals surface area contributed by atoms with E-state index in [9.17, 15) is 4.79 Å². The second-order valence-electron chi connectivity index (χ2n) is 7.05. The van der Waals surface area contributed by atoms with Crippen molar-refractivity contribution >= 4 is 44.2 Å². The Morgan fingerprint density at radius 3 is 2.63 bits per heavy atom.